The third kappa shape index (κ3) is 5.16. The number of benzene rings is 2. The number of methoxy groups -OCH3 is 1. The number of nitrogens with zero attached hydrogens (tertiary/aromatic N) is 1. The van der Waals surface area contributed by atoms with Crippen molar-refractivity contribution in [1.82, 2.24) is 5.32 Å². The highest BCUT2D eigenvalue weighted by Crippen LogP contribution is 2.40. The van der Waals surface area contributed by atoms with E-state index in [-0.39, 0.29) is 5.91 Å². The topological polar surface area (TPSA) is 80.9 Å². The summed E-state index contributed by atoms with van der Waals surface area (Å²) in [5, 5.41) is 3.77. The number of furan rings is 1. The number of carbonyl (C=O) groups is 2. The van der Waals surface area contributed by atoms with E-state index < -0.39 is 5.97 Å². The number of hydrogen-bond donors (Lipinski definition) is 1. The first-order chi connectivity index (χ1) is 17.6. The van der Waals surface area contributed by atoms with Crippen LogP contribution in [0.5, 0.6) is 0 Å². The van der Waals surface area contributed by atoms with Crippen LogP contribution in [0.4, 0.5) is 5.00 Å². The quantitative estimate of drug-likeness (QED) is 0.238. The zero-order chi connectivity index (χ0) is 24.9. The molecule has 182 valence electrons. The third-order valence-corrected chi connectivity index (χ3v) is 7.38. The van der Waals surface area contributed by atoms with E-state index in [0.717, 1.165) is 42.4 Å². The van der Waals surface area contributed by atoms with Crippen LogP contribution in [0.25, 0.3) is 11.3 Å². The van der Waals surface area contributed by atoms with Crippen molar-refractivity contribution < 1.29 is 18.7 Å². The highest BCUT2D eigenvalue weighted by Gasteiger charge is 2.25. The highest BCUT2D eigenvalue weighted by molar-refractivity contribution is 7.16. The fraction of sp³-hybridized carbons (Fsp3) is 0.207. The van der Waals surface area contributed by atoms with Crippen LogP contribution in [-0.2, 0) is 24.1 Å². The summed E-state index contributed by atoms with van der Waals surface area (Å²) in [6.45, 7) is 0.472. The lowest BCUT2D eigenvalue weighted by Gasteiger charge is -2.12. The Labute approximate surface area is 213 Å². The van der Waals surface area contributed by atoms with E-state index in [2.05, 4.69) is 10.3 Å². The van der Waals surface area contributed by atoms with Gasteiger partial charge in [-0.1, -0.05) is 42.5 Å². The van der Waals surface area contributed by atoms with Gasteiger partial charge in [-0.05, 0) is 61.1 Å². The summed E-state index contributed by atoms with van der Waals surface area (Å²) >= 11 is 1.59. The lowest BCUT2D eigenvalue weighted by molar-refractivity contribution is 0.0600. The molecular formula is C29H26N2O4S. The molecule has 7 heteroatoms. The molecule has 2 aromatic heterocycles. The Morgan fingerprint density at radius 3 is 2.72 bits per heavy atom. The zero-order valence-corrected chi connectivity index (χ0v) is 20.8. The van der Waals surface area contributed by atoms with Gasteiger partial charge in [0.05, 0.1) is 24.5 Å². The Kier molecular flexibility index (Phi) is 7.09. The summed E-state index contributed by atoms with van der Waals surface area (Å²) in [6, 6.07) is 20.6. The third-order valence-electron chi connectivity index (χ3n) is 6.18. The minimum Gasteiger partial charge on any atom is -0.465 e. The molecule has 5 rings (SSSR count). The van der Waals surface area contributed by atoms with Crippen molar-refractivity contribution in [3.05, 3.63) is 99.6 Å². The molecule has 0 unspecified atom stereocenters. The average molecular weight is 499 g/mol. The predicted molar refractivity (Wildman–Crippen MR) is 141 cm³/mol. The minimum absolute atomic E-state index is 0.0924. The van der Waals surface area contributed by atoms with Gasteiger partial charge in [-0.3, -0.25) is 4.79 Å². The standard InChI is InChI=1S/C29H26N2O4S/c1-34-29(33)21-11-7-10-20(16-21)24-15-14-22(35-24)18-31-28-26(23-12-5-6-13-25(23)36-28)27(32)30-17-19-8-3-2-4-9-19/h2-4,7-11,14-16,18H,5-6,12-13,17H2,1H3,(H,30,32). The molecule has 0 atom stereocenters. The van der Waals surface area contributed by atoms with Crippen molar-refractivity contribution in [2.75, 3.05) is 7.11 Å². The predicted octanol–water partition coefficient (Wildman–Crippen LogP) is 6.35. The molecule has 36 heavy (non-hydrogen) atoms. The van der Waals surface area contributed by atoms with Gasteiger partial charge < -0.3 is 14.5 Å². The Hall–Kier alpha value is -3.97. The van der Waals surface area contributed by atoms with Gasteiger partial charge in [0.15, 0.2) is 0 Å². The van der Waals surface area contributed by atoms with Crippen molar-refractivity contribution in [2.24, 2.45) is 4.99 Å². The summed E-state index contributed by atoms with van der Waals surface area (Å²) in [4.78, 5) is 31.0. The number of amides is 1. The first kappa shape index (κ1) is 23.8. The van der Waals surface area contributed by atoms with Gasteiger partial charge in [-0.15, -0.1) is 11.3 Å². The van der Waals surface area contributed by atoms with Gasteiger partial charge in [-0.2, -0.15) is 0 Å². The second kappa shape index (κ2) is 10.7. The van der Waals surface area contributed by atoms with Crippen LogP contribution in [0.15, 0.2) is 76.1 Å². The van der Waals surface area contributed by atoms with Crippen LogP contribution in [0.1, 0.15) is 55.3 Å². The molecule has 0 radical (unpaired) electrons. The first-order valence-electron chi connectivity index (χ1n) is 11.9. The van der Waals surface area contributed by atoms with E-state index >= 15 is 0 Å². The molecule has 0 saturated carbocycles. The summed E-state index contributed by atoms with van der Waals surface area (Å²) in [5.74, 6) is 0.694. The molecule has 6 nitrogen and oxygen atoms in total. The molecule has 1 aliphatic carbocycles. The zero-order valence-electron chi connectivity index (χ0n) is 20.0. The number of nitrogens with one attached hydrogen (secondary N) is 1. The number of carbonyl (C=O) groups excluding carboxylic acids is 2. The van der Waals surface area contributed by atoms with Gasteiger partial charge in [-0.25, -0.2) is 9.79 Å². The SMILES string of the molecule is COC(=O)c1cccc(-c2ccc(C=Nc3sc4c(c3C(=O)NCc3ccccc3)CCCC4)o2)c1. The molecule has 0 fully saturated rings. The number of fused-ring (bicyclic) bond motifs is 1. The van der Waals surface area contributed by atoms with Gasteiger partial charge in [0, 0.05) is 17.0 Å². The second-order valence-corrected chi connectivity index (χ2v) is 9.68. The molecule has 2 aromatic carbocycles. The van der Waals surface area contributed by atoms with Crippen molar-refractivity contribution in [1.29, 1.82) is 0 Å². The van der Waals surface area contributed by atoms with Crippen molar-refractivity contribution in [3.8, 4) is 11.3 Å². The number of hydrogen-bond acceptors (Lipinski definition) is 6. The molecule has 0 aliphatic heterocycles. The average Bonchev–Trinajstić information content (AvgIpc) is 3.55. The molecule has 0 saturated heterocycles. The van der Waals surface area contributed by atoms with E-state index in [9.17, 15) is 9.59 Å². The maximum Gasteiger partial charge on any atom is 0.337 e. The molecule has 1 amide bonds. The summed E-state index contributed by atoms with van der Waals surface area (Å²) in [5.41, 5.74) is 4.09. The highest BCUT2D eigenvalue weighted by atomic mass is 32.1. The maximum absolute atomic E-state index is 13.2. The van der Waals surface area contributed by atoms with E-state index in [0.29, 0.717) is 34.2 Å². The Bertz CT molecular complexity index is 1420. The fourth-order valence-corrected chi connectivity index (χ4v) is 5.59. The molecular weight excluding hydrogens is 472 g/mol. The van der Waals surface area contributed by atoms with E-state index in [1.165, 1.54) is 12.0 Å². The molecule has 0 spiro atoms. The lowest BCUT2D eigenvalue weighted by Crippen LogP contribution is -2.24. The number of rotatable bonds is 7. The maximum atomic E-state index is 13.2. The van der Waals surface area contributed by atoms with E-state index in [4.69, 9.17) is 9.15 Å². The largest absolute Gasteiger partial charge is 0.465 e. The van der Waals surface area contributed by atoms with Gasteiger partial charge >= 0.3 is 5.97 Å². The number of thiophene rings is 1. The van der Waals surface area contributed by atoms with Crippen LogP contribution in [0.3, 0.4) is 0 Å². The normalized spacial score (nSPS) is 12.9. The van der Waals surface area contributed by atoms with Crippen LogP contribution in [0.2, 0.25) is 0 Å². The van der Waals surface area contributed by atoms with Gasteiger partial charge in [0.1, 0.15) is 16.5 Å². The van der Waals surface area contributed by atoms with Crippen LogP contribution >= 0.6 is 11.3 Å². The number of aliphatic imine (C=N–C) groups is 1. The Morgan fingerprint density at radius 2 is 1.89 bits per heavy atom. The number of esters is 1. The van der Waals surface area contributed by atoms with Crippen molar-refractivity contribution in [3.63, 3.8) is 0 Å². The fourth-order valence-electron chi connectivity index (χ4n) is 4.36. The van der Waals surface area contributed by atoms with Gasteiger partial charge in [0.2, 0.25) is 0 Å². The van der Waals surface area contributed by atoms with Crippen LogP contribution in [0, 0.1) is 0 Å². The summed E-state index contributed by atoms with van der Waals surface area (Å²) < 4.78 is 10.8. The monoisotopic (exact) mass is 498 g/mol. The minimum atomic E-state index is -0.398. The number of aryl methyl sites for hydroxylation is 1. The Balaban J connectivity index is 1.38. The molecule has 1 aliphatic rings. The lowest BCUT2D eigenvalue weighted by atomic mass is 9.95. The van der Waals surface area contributed by atoms with Crippen molar-refractivity contribution in [2.45, 2.75) is 32.2 Å². The Morgan fingerprint density at radius 1 is 1.06 bits per heavy atom. The van der Waals surface area contributed by atoms with Crippen molar-refractivity contribution >= 4 is 34.4 Å². The van der Waals surface area contributed by atoms with Gasteiger partial charge in [0.25, 0.3) is 5.91 Å². The molecule has 4 aromatic rings. The van der Waals surface area contributed by atoms with E-state index in [1.54, 1.807) is 35.8 Å². The van der Waals surface area contributed by atoms with E-state index in [1.807, 2.05) is 48.5 Å². The summed E-state index contributed by atoms with van der Waals surface area (Å²) in [6.07, 6.45) is 5.75. The first-order valence-corrected chi connectivity index (χ1v) is 12.7. The van der Waals surface area contributed by atoms with Crippen LogP contribution < -0.4 is 5.32 Å². The second-order valence-electron chi connectivity index (χ2n) is 8.59. The summed E-state index contributed by atoms with van der Waals surface area (Å²) in [7, 11) is 1.36. The number of ether oxygens (including phenoxy) is 1. The molecule has 0 bridgehead atoms. The molecule has 2 heterocycles. The smallest absolute Gasteiger partial charge is 0.337 e. The van der Waals surface area contributed by atoms with Crippen LogP contribution in [-0.4, -0.2) is 25.2 Å². The molecule has 1 N–H and O–H groups in total.